The van der Waals surface area contributed by atoms with E-state index in [1.165, 1.54) is 6.92 Å². The fourth-order valence-corrected chi connectivity index (χ4v) is 2.14. The van der Waals surface area contributed by atoms with E-state index in [9.17, 15) is 18.0 Å². The van der Waals surface area contributed by atoms with Crippen molar-refractivity contribution in [3.05, 3.63) is 34.3 Å². The highest BCUT2D eigenvalue weighted by molar-refractivity contribution is 9.10. The number of alkyl halides is 3. The summed E-state index contributed by atoms with van der Waals surface area (Å²) < 4.78 is 36.7. The van der Waals surface area contributed by atoms with Gasteiger partial charge in [0.2, 0.25) is 5.91 Å². The average molecular weight is 408 g/mol. The van der Waals surface area contributed by atoms with Crippen LogP contribution in [0.3, 0.4) is 0 Å². The second kappa shape index (κ2) is 8.26. The van der Waals surface area contributed by atoms with E-state index in [-0.39, 0.29) is 36.5 Å². The molecule has 0 aliphatic rings. The van der Waals surface area contributed by atoms with Gasteiger partial charge in [0.1, 0.15) is 5.54 Å². The minimum atomic E-state index is -4.29. The topological polar surface area (TPSA) is 55.1 Å². The van der Waals surface area contributed by atoms with Gasteiger partial charge >= 0.3 is 5.51 Å². The molecule has 0 aromatic heterocycles. The number of rotatable bonds is 5. The molecule has 0 aliphatic heterocycles. The molecule has 3 N–H and O–H groups in total. The molecule has 0 saturated heterocycles. The lowest BCUT2D eigenvalue weighted by molar-refractivity contribution is -0.126. The van der Waals surface area contributed by atoms with Crippen molar-refractivity contribution in [3.8, 4) is 0 Å². The lowest BCUT2D eigenvalue weighted by Gasteiger charge is -2.24. The summed E-state index contributed by atoms with van der Waals surface area (Å²) in [6, 6.07) is 6.86. The number of thioether (sulfide) groups is 1. The Morgan fingerprint density at radius 1 is 1.33 bits per heavy atom. The lowest BCUT2D eigenvalue weighted by atomic mass is 9.92. The van der Waals surface area contributed by atoms with Gasteiger partial charge < -0.3 is 11.1 Å². The number of hydrogen-bond donors (Lipinski definition) is 2. The summed E-state index contributed by atoms with van der Waals surface area (Å²) >= 11 is 3.09. The van der Waals surface area contributed by atoms with Crippen molar-refractivity contribution in [2.24, 2.45) is 5.73 Å². The summed E-state index contributed by atoms with van der Waals surface area (Å²) in [5.74, 6) is -0.756. The molecule has 0 bridgehead atoms. The van der Waals surface area contributed by atoms with Crippen molar-refractivity contribution in [3.63, 3.8) is 0 Å². The van der Waals surface area contributed by atoms with Crippen molar-refractivity contribution < 1.29 is 18.0 Å². The second-order valence-corrected chi connectivity index (χ2v) is 6.33. The van der Waals surface area contributed by atoms with Crippen LogP contribution in [0.5, 0.6) is 0 Å². The molecule has 0 heterocycles. The first-order chi connectivity index (χ1) is 9.13. The van der Waals surface area contributed by atoms with E-state index in [1.54, 1.807) is 24.3 Å². The fourth-order valence-electron chi connectivity index (χ4n) is 1.44. The van der Waals surface area contributed by atoms with Gasteiger partial charge in [0, 0.05) is 16.8 Å². The Bertz CT molecular complexity index is 469. The Morgan fingerprint density at radius 2 is 1.86 bits per heavy atom. The second-order valence-electron chi connectivity index (χ2n) is 4.26. The lowest BCUT2D eigenvalue weighted by Crippen LogP contribution is -2.49. The molecule has 1 aromatic carbocycles. The number of carbonyl (C=O) groups is 1. The molecule has 0 spiro atoms. The minimum absolute atomic E-state index is 0. The predicted octanol–water partition coefficient (Wildman–Crippen LogP) is 3.41. The summed E-state index contributed by atoms with van der Waals surface area (Å²) in [4.78, 5) is 11.9. The van der Waals surface area contributed by atoms with E-state index in [4.69, 9.17) is 5.73 Å². The van der Waals surface area contributed by atoms with Gasteiger partial charge in [-0.2, -0.15) is 13.2 Å². The Kier molecular flexibility index (Phi) is 8.09. The normalized spacial score (nSPS) is 14.0. The smallest absolute Gasteiger partial charge is 0.353 e. The van der Waals surface area contributed by atoms with Crippen molar-refractivity contribution in [2.75, 3.05) is 12.3 Å². The maximum atomic E-state index is 11.9. The van der Waals surface area contributed by atoms with Crippen molar-refractivity contribution in [1.29, 1.82) is 0 Å². The Morgan fingerprint density at radius 3 is 2.33 bits per heavy atom. The number of benzene rings is 1. The number of hydrogen-bond acceptors (Lipinski definition) is 3. The molecule has 1 atom stereocenters. The maximum Gasteiger partial charge on any atom is 0.441 e. The molecular weight excluding hydrogens is 393 g/mol. The minimum Gasteiger partial charge on any atom is -0.353 e. The Hall–Kier alpha value is -0.440. The molecule has 0 radical (unpaired) electrons. The molecule has 0 saturated carbocycles. The zero-order valence-corrected chi connectivity index (χ0v) is 14.3. The maximum absolute atomic E-state index is 11.9. The van der Waals surface area contributed by atoms with Gasteiger partial charge in [-0.15, -0.1) is 12.4 Å². The molecule has 21 heavy (non-hydrogen) atoms. The van der Waals surface area contributed by atoms with E-state index >= 15 is 0 Å². The molecule has 120 valence electrons. The number of amides is 1. The van der Waals surface area contributed by atoms with E-state index in [0.717, 1.165) is 4.47 Å². The van der Waals surface area contributed by atoms with Crippen LogP contribution in [0.15, 0.2) is 28.7 Å². The molecule has 9 heteroatoms. The highest BCUT2D eigenvalue weighted by Gasteiger charge is 2.31. The standard InChI is InChI=1S/C12H14BrF3N2OS.ClH/c1-11(17,8-2-4-9(13)5-3-8)10(19)18-6-7-20-12(14,15)16;/h2-5H,6-7,17H2,1H3,(H,18,19);1H. The van der Waals surface area contributed by atoms with Gasteiger partial charge in [-0.05, 0) is 36.4 Å². The highest BCUT2D eigenvalue weighted by atomic mass is 79.9. The van der Waals surface area contributed by atoms with E-state index in [0.29, 0.717) is 5.56 Å². The largest absolute Gasteiger partial charge is 0.441 e. The van der Waals surface area contributed by atoms with E-state index in [1.807, 2.05) is 0 Å². The molecule has 0 aliphatic carbocycles. The Labute approximate surface area is 139 Å². The summed E-state index contributed by atoms with van der Waals surface area (Å²) in [5, 5.41) is 2.41. The number of halogens is 5. The molecule has 1 amide bonds. The third kappa shape index (κ3) is 6.90. The van der Waals surface area contributed by atoms with Crippen LogP contribution in [0.1, 0.15) is 12.5 Å². The molecule has 0 fully saturated rings. The first-order valence-corrected chi connectivity index (χ1v) is 7.45. The van der Waals surface area contributed by atoms with Crippen molar-refractivity contribution in [2.45, 2.75) is 18.0 Å². The SMILES string of the molecule is CC(N)(C(=O)NCCSC(F)(F)F)c1ccc(Br)cc1.Cl. The van der Waals surface area contributed by atoms with Crippen LogP contribution in [0, 0.1) is 0 Å². The van der Waals surface area contributed by atoms with Crippen LogP contribution in [-0.2, 0) is 10.3 Å². The van der Waals surface area contributed by atoms with Crippen LogP contribution in [0.25, 0.3) is 0 Å². The fraction of sp³-hybridized carbons (Fsp3) is 0.417. The van der Waals surface area contributed by atoms with Crippen LogP contribution >= 0.6 is 40.1 Å². The molecule has 1 unspecified atom stereocenters. The van der Waals surface area contributed by atoms with E-state index in [2.05, 4.69) is 21.2 Å². The summed E-state index contributed by atoms with van der Waals surface area (Å²) in [6.45, 7) is 1.43. The molecule has 3 nitrogen and oxygen atoms in total. The summed E-state index contributed by atoms with van der Waals surface area (Å²) in [5.41, 5.74) is 0.951. The first-order valence-electron chi connectivity index (χ1n) is 5.67. The summed E-state index contributed by atoms with van der Waals surface area (Å²) in [7, 11) is 0. The number of nitrogens with one attached hydrogen (secondary N) is 1. The van der Waals surface area contributed by atoms with Crippen LogP contribution in [0.4, 0.5) is 13.2 Å². The third-order valence-electron chi connectivity index (χ3n) is 2.57. The van der Waals surface area contributed by atoms with Gasteiger partial charge in [0.05, 0.1) is 0 Å². The van der Waals surface area contributed by atoms with Gasteiger partial charge in [-0.1, -0.05) is 28.1 Å². The van der Waals surface area contributed by atoms with Gasteiger partial charge in [-0.3, -0.25) is 4.79 Å². The quantitative estimate of drug-likeness (QED) is 0.736. The zero-order valence-electron chi connectivity index (χ0n) is 11.0. The number of nitrogens with two attached hydrogens (primary N) is 1. The van der Waals surface area contributed by atoms with Crippen molar-refractivity contribution in [1.82, 2.24) is 5.32 Å². The van der Waals surface area contributed by atoms with Crippen LogP contribution in [0.2, 0.25) is 0 Å². The van der Waals surface area contributed by atoms with Gasteiger partial charge in [0.25, 0.3) is 0 Å². The molecular formula is C12H15BrClF3N2OS. The van der Waals surface area contributed by atoms with Crippen LogP contribution < -0.4 is 11.1 Å². The third-order valence-corrected chi connectivity index (χ3v) is 3.83. The molecule has 1 aromatic rings. The van der Waals surface area contributed by atoms with Gasteiger partial charge in [0.15, 0.2) is 0 Å². The molecule has 1 rings (SSSR count). The van der Waals surface area contributed by atoms with Gasteiger partial charge in [-0.25, -0.2) is 0 Å². The number of carbonyl (C=O) groups excluding carboxylic acids is 1. The average Bonchev–Trinajstić information content (AvgIpc) is 2.33. The first kappa shape index (κ1) is 20.6. The van der Waals surface area contributed by atoms with Crippen LogP contribution in [-0.4, -0.2) is 23.7 Å². The highest BCUT2D eigenvalue weighted by Crippen LogP contribution is 2.29. The van der Waals surface area contributed by atoms with E-state index < -0.39 is 17.0 Å². The summed E-state index contributed by atoms with van der Waals surface area (Å²) in [6.07, 6.45) is 0. The Balaban J connectivity index is 0.00000400. The van der Waals surface area contributed by atoms with Crippen molar-refractivity contribution >= 4 is 46.0 Å². The zero-order chi connectivity index (χ0) is 15.4. The predicted molar refractivity (Wildman–Crippen MR) is 84.5 cm³/mol. The monoisotopic (exact) mass is 406 g/mol.